The van der Waals surface area contributed by atoms with E-state index in [9.17, 15) is 4.79 Å². The molecule has 5 N–H and O–H groups in total. The van der Waals surface area contributed by atoms with Crippen molar-refractivity contribution in [2.24, 2.45) is 0 Å². The number of nitrogens with zero attached hydrogens (tertiary/aromatic N) is 3. The molecular weight excluding hydrogens is 431 g/mol. The van der Waals surface area contributed by atoms with Crippen LogP contribution in [0.2, 0.25) is 10.3 Å². The van der Waals surface area contributed by atoms with Gasteiger partial charge in [0.1, 0.15) is 14.9 Å². The highest BCUT2D eigenvalue weighted by atomic mass is 79.9. The highest BCUT2D eigenvalue weighted by molar-refractivity contribution is 9.10. The highest BCUT2D eigenvalue weighted by Gasteiger charge is 1.96. The number of hydrogen-bond donors (Lipinski definition) is 3. The van der Waals surface area contributed by atoms with Gasteiger partial charge in [-0.1, -0.05) is 29.1 Å². The Kier molecular flexibility index (Phi) is 11.3. The molecule has 0 aliphatic rings. The van der Waals surface area contributed by atoms with Crippen LogP contribution in [-0.4, -0.2) is 19.9 Å². The Hall–Kier alpha value is -2.70. The first-order valence-corrected chi connectivity index (χ1v) is 7.68. The fourth-order valence-corrected chi connectivity index (χ4v) is 1.37. The summed E-state index contributed by atoms with van der Waals surface area (Å²) in [7, 11) is 0. The number of nitrogen functional groups attached to an aromatic ring is 2. The van der Waals surface area contributed by atoms with Crippen LogP contribution in [0.5, 0.6) is 0 Å². The smallest absolute Gasteiger partial charge is 0.290 e. The fraction of sp³-hybridized carbons (Fsp3) is 0.0667. The van der Waals surface area contributed by atoms with Crippen LogP contribution in [-0.2, 0) is 0 Å². The summed E-state index contributed by atoms with van der Waals surface area (Å²) in [5, 5.41) is 0.489. The molecule has 0 unspecified atom stereocenters. The molecule has 25 heavy (non-hydrogen) atoms. The summed E-state index contributed by atoms with van der Waals surface area (Å²) in [5.41, 5.74) is 9.98. The van der Waals surface area contributed by atoms with E-state index in [0.29, 0.717) is 15.6 Å². The molecule has 0 aliphatic heterocycles. The average molecular weight is 442 g/mol. The molecule has 2 aromatic rings. The number of hydrogen-bond acceptors (Lipinski definition) is 6. The SMILES string of the molecule is C#CC#CC#CC.Nc1nc(Cl)c[nH]c1=O.Nc1nc(Cl)cnc1Br. The highest BCUT2D eigenvalue weighted by Crippen LogP contribution is 2.14. The van der Waals surface area contributed by atoms with Gasteiger partial charge in [0.15, 0.2) is 11.6 Å². The zero-order valence-corrected chi connectivity index (χ0v) is 15.9. The van der Waals surface area contributed by atoms with Crippen LogP contribution in [0.3, 0.4) is 0 Å². The molecule has 0 aliphatic carbocycles. The number of terminal acetylenes is 1. The lowest BCUT2D eigenvalue weighted by Crippen LogP contribution is -2.12. The van der Waals surface area contributed by atoms with E-state index in [1.165, 1.54) is 12.4 Å². The van der Waals surface area contributed by atoms with E-state index in [1.54, 1.807) is 6.92 Å². The Morgan fingerprint density at radius 2 is 1.80 bits per heavy atom. The topological polar surface area (TPSA) is 124 Å². The molecule has 0 saturated heterocycles. The maximum Gasteiger partial charge on any atom is 0.290 e. The maximum absolute atomic E-state index is 10.5. The third-order valence-corrected chi connectivity index (χ3v) is 2.81. The van der Waals surface area contributed by atoms with Crippen LogP contribution in [0.4, 0.5) is 11.6 Å². The molecule has 128 valence electrons. The molecule has 0 atom stereocenters. The Morgan fingerprint density at radius 1 is 1.16 bits per heavy atom. The van der Waals surface area contributed by atoms with Crippen molar-refractivity contribution in [2.45, 2.75) is 6.92 Å². The van der Waals surface area contributed by atoms with Crippen LogP contribution in [0.25, 0.3) is 0 Å². The molecule has 7 nitrogen and oxygen atoms in total. The van der Waals surface area contributed by atoms with E-state index in [2.05, 4.69) is 65.5 Å². The number of H-pyrrole nitrogens is 1. The standard InChI is InChI=1S/C7H4.C4H3BrClN3.C4H4ClN3O/c1-3-5-7-6-4-2;5-3-4(7)9-2(6)1-8-3;5-2-1-7-4(9)3(6)8-2/h1H,2H3;1H,(H2,7,9);1H,(H2,6,8)(H,7,9). The summed E-state index contributed by atoms with van der Waals surface area (Å²) < 4.78 is 0.520. The normalized spacial score (nSPS) is 7.80. The van der Waals surface area contributed by atoms with Crippen molar-refractivity contribution in [1.82, 2.24) is 19.9 Å². The number of nitrogens with two attached hydrogens (primary N) is 2. The molecular formula is C15H11BrCl2N6O. The molecule has 10 heteroatoms. The summed E-state index contributed by atoms with van der Waals surface area (Å²) in [4.78, 5) is 23.7. The number of halogens is 3. The van der Waals surface area contributed by atoms with Crippen molar-refractivity contribution in [3.63, 3.8) is 0 Å². The summed E-state index contributed by atoms with van der Waals surface area (Å²) in [6.07, 6.45) is 7.47. The van der Waals surface area contributed by atoms with E-state index < -0.39 is 5.56 Å². The van der Waals surface area contributed by atoms with Crippen LogP contribution >= 0.6 is 39.1 Å². The fourth-order valence-electron chi connectivity index (χ4n) is 0.893. The number of anilines is 2. The van der Waals surface area contributed by atoms with Crippen LogP contribution in [0.15, 0.2) is 21.8 Å². The van der Waals surface area contributed by atoms with Crippen molar-refractivity contribution in [1.29, 1.82) is 0 Å². The van der Waals surface area contributed by atoms with Gasteiger partial charge < -0.3 is 16.5 Å². The Bertz CT molecular complexity index is 931. The molecule has 2 rings (SSSR count). The van der Waals surface area contributed by atoms with Gasteiger partial charge in [-0.25, -0.2) is 15.0 Å². The minimum Gasteiger partial charge on any atom is -0.381 e. The van der Waals surface area contributed by atoms with E-state index >= 15 is 0 Å². The van der Waals surface area contributed by atoms with Gasteiger partial charge in [-0.15, -0.1) is 6.42 Å². The van der Waals surface area contributed by atoms with Gasteiger partial charge in [0.2, 0.25) is 0 Å². The van der Waals surface area contributed by atoms with Gasteiger partial charge in [0.25, 0.3) is 5.56 Å². The van der Waals surface area contributed by atoms with Gasteiger partial charge in [0.05, 0.1) is 6.20 Å². The van der Waals surface area contributed by atoms with Crippen molar-refractivity contribution < 1.29 is 0 Å². The van der Waals surface area contributed by atoms with Crippen molar-refractivity contribution >= 4 is 50.8 Å². The van der Waals surface area contributed by atoms with Crippen LogP contribution < -0.4 is 17.0 Å². The predicted octanol–water partition coefficient (Wildman–Crippen LogP) is 2.13. The molecule has 2 heterocycles. The third-order valence-electron chi connectivity index (χ3n) is 1.83. The molecule has 0 bridgehead atoms. The van der Waals surface area contributed by atoms with Crippen LogP contribution in [0.1, 0.15) is 6.92 Å². The summed E-state index contributed by atoms with van der Waals surface area (Å²) in [6.45, 7) is 1.71. The van der Waals surface area contributed by atoms with Gasteiger partial charge in [-0.2, -0.15) is 0 Å². The van der Waals surface area contributed by atoms with Crippen LogP contribution in [0, 0.1) is 36.0 Å². The van der Waals surface area contributed by atoms with Crippen molar-refractivity contribution in [3.8, 4) is 36.0 Å². The first kappa shape index (κ1) is 22.3. The predicted molar refractivity (Wildman–Crippen MR) is 103 cm³/mol. The zero-order chi connectivity index (χ0) is 19.2. The average Bonchev–Trinajstić information content (AvgIpc) is 2.57. The lowest BCUT2D eigenvalue weighted by molar-refractivity contribution is 1.15. The minimum atomic E-state index is -0.417. The van der Waals surface area contributed by atoms with Crippen molar-refractivity contribution in [3.05, 3.63) is 37.7 Å². The number of aromatic nitrogens is 4. The van der Waals surface area contributed by atoms with E-state index in [0.717, 1.165) is 0 Å². The second kappa shape index (κ2) is 12.7. The second-order valence-electron chi connectivity index (χ2n) is 3.58. The summed E-state index contributed by atoms with van der Waals surface area (Å²) in [5.74, 6) is 12.2. The molecule has 2 aromatic heterocycles. The number of aromatic amines is 1. The maximum atomic E-state index is 10.5. The molecule has 0 radical (unpaired) electrons. The van der Waals surface area contributed by atoms with Gasteiger partial charge in [-0.05, 0) is 46.5 Å². The first-order chi connectivity index (χ1) is 11.8. The number of nitrogens with one attached hydrogen (secondary N) is 1. The van der Waals surface area contributed by atoms with E-state index in [-0.39, 0.29) is 11.0 Å². The second-order valence-corrected chi connectivity index (χ2v) is 5.10. The Morgan fingerprint density at radius 3 is 2.24 bits per heavy atom. The quantitative estimate of drug-likeness (QED) is 0.538. The lowest BCUT2D eigenvalue weighted by Gasteiger charge is -1.93. The van der Waals surface area contributed by atoms with E-state index in [1.807, 2.05) is 0 Å². The lowest BCUT2D eigenvalue weighted by atomic mass is 10.5. The molecule has 0 saturated carbocycles. The van der Waals surface area contributed by atoms with Gasteiger partial charge in [-0.3, -0.25) is 4.79 Å². The first-order valence-electron chi connectivity index (χ1n) is 6.13. The molecule has 0 aromatic carbocycles. The Labute approximate surface area is 162 Å². The third kappa shape index (κ3) is 10.6. The monoisotopic (exact) mass is 440 g/mol. The molecule has 0 fully saturated rings. The summed E-state index contributed by atoms with van der Waals surface area (Å²) >= 11 is 13.9. The van der Waals surface area contributed by atoms with Crippen molar-refractivity contribution in [2.75, 3.05) is 11.5 Å². The number of rotatable bonds is 0. The molecule has 0 amide bonds. The minimum absolute atomic E-state index is 0.109. The van der Waals surface area contributed by atoms with Gasteiger partial charge >= 0.3 is 0 Å². The Balaban J connectivity index is 0.000000350. The molecule has 0 spiro atoms. The van der Waals surface area contributed by atoms with E-state index in [4.69, 9.17) is 41.1 Å². The zero-order valence-electron chi connectivity index (χ0n) is 12.8. The largest absolute Gasteiger partial charge is 0.381 e. The van der Waals surface area contributed by atoms with Gasteiger partial charge in [0, 0.05) is 6.20 Å². The summed E-state index contributed by atoms with van der Waals surface area (Å²) in [6, 6.07) is 0.